The lowest BCUT2D eigenvalue weighted by atomic mass is 10.1. The number of hydrogen-bond donors (Lipinski definition) is 2. The molecule has 3 amide bonds. The number of nitrogens with one attached hydrogen (secondary N) is 2. The molecule has 2 N–H and O–H groups in total. The van der Waals surface area contributed by atoms with E-state index in [9.17, 15) is 27.6 Å². The van der Waals surface area contributed by atoms with Gasteiger partial charge in [-0.2, -0.15) is 13.2 Å². The van der Waals surface area contributed by atoms with E-state index in [2.05, 4.69) is 10.6 Å². The van der Waals surface area contributed by atoms with Gasteiger partial charge in [-0.3, -0.25) is 14.4 Å². The molecule has 158 valence electrons. The molecule has 10 heteroatoms. The van der Waals surface area contributed by atoms with Crippen molar-refractivity contribution in [3.63, 3.8) is 0 Å². The van der Waals surface area contributed by atoms with E-state index in [1.165, 1.54) is 30.9 Å². The number of alkyl halides is 3. The lowest BCUT2D eigenvalue weighted by molar-refractivity contribution is -0.137. The van der Waals surface area contributed by atoms with Crippen LogP contribution in [0, 0.1) is 0 Å². The molecule has 0 saturated carbocycles. The van der Waals surface area contributed by atoms with Crippen LogP contribution in [0.5, 0.6) is 0 Å². The van der Waals surface area contributed by atoms with Crippen LogP contribution in [0.4, 0.5) is 24.5 Å². The van der Waals surface area contributed by atoms with Crippen LogP contribution in [0.2, 0.25) is 0 Å². The van der Waals surface area contributed by atoms with Crippen LogP contribution < -0.4 is 10.6 Å². The summed E-state index contributed by atoms with van der Waals surface area (Å²) in [5.41, 5.74) is -0.678. The number of thioether (sulfide) groups is 1. The highest BCUT2D eigenvalue weighted by Gasteiger charge is 2.34. The Labute approximate surface area is 174 Å². The topological polar surface area (TPSA) is 78.5 Å². The average molecular weight is 437 g/mol. The third-order valence-electron chi connectivity index (χ3n) is 4.38. The summed E-state index contributed by atoms with van der Waals surface area (Å²) in [6.07, 6.45) is -4.76. The lowest BCUT2D eigenvalue weighted by Crippen LogP contribution is -2.39. The molecule has 1 aliphatic heterocycles. The van der Waals surface area contributed by atoms with Crippen LogP contribution in [0.3, 0.4) is 0 Å². The molecular weight excluding hydrogens is 419 g/mol. The van der Waals surface area contributed by atoms with E-state index in [-0.39, 0.29) is 18.0 Å². The molecule has 6 nitrogen and oxygen atoms in total. The molecule has 0 aliphatic carbocycles. The first-order valence-corrected chi connectivity index (χ1v) is 9.79. The number of hydrogen-bond acceptors (Lipinski definition) is 4. The minimum Gasteiger partial charge on any atom is -0.336 e. The van der Waals surface area contributed by atoms with E-state index in [4.69, 9.17) is 0 Å². The highest BCUT2D eigenvalue weighted by Crippen LogP contribution is 2.37. The largest absolute Gasteiger partial charge is 0.418 e. The van der Waals surface area contributed by atoms with Gasteiger partial charge in [0.2, 0.25) is 17.7 Å². The predicted octanol–water partition coefficient (Wildman–Crippen LogP) is 3.61. The van der Waals surface area contributed by atoms with E-state index in [1.807, 2.05) is 12.1 Å². The third-order valence-corrected chi connectivity index (χ3v) is 5.65. The van der Waals surface area contributed by atoms with Crippen molar-refractivity contribution in [2.75, 3.05) is 24.2 Å². The zero-order valence-electron chi connectivity index (χ0n) is 15.8. The molecule has 1 aliphatic rings. The van der Waals surface area contributed by atoms with E-state index in [1.54, 1.807) is 12.1 Å². The molecule has 0 spiro atoms. The van der Waals surface area contributed by atoms with Crippen molar-refractivity contribution in [1.82, 2.24) is 4.90 Å². The Morgan fingerprint density at radius 2 is 1.80 bits per heavy atom. The summed E-state index contributed by atoms with van der Waals surface area (Å²) in [5.74, 6) is -1.56. The van der Waals surface area contributed by atoms with E-state index in [0.29, 0.717) is 5.69 Å². The number of amides is 3. The van der Waals surface area contributed by atoms with Crippen LogP contribution in [-0.4, -0.2) is 41.5 Å². The van der Waals surface area contributed by atoms with Crippen molar-refractivity contribution < 1.29 is 27.6 Å². The Bertz CT molecular complexity index is 981. The number of rotatable bonds is 5. The number of likely N-dealkylation sites (N-methyl/N-ethyl adjacent to an activating group) is 1. The molecule has 0 bridgehead atoms. The Morgan fingerprint density at radius 1 is 1.13 bits per heavy atom. The first-order chi connectivity index (χ1) is 14.1. The fraction of sp³-hybridized carbons (Fsp3) is 0.250. The Hall–Kier alpha value is -3.01. The molecule has 30 heavy (non-hydrogen) atoms. The maximum absolute atomic E-state index is 13.0. The molecule has 0 unspecified atom stereocenters. The summed E-state index contributed by atoms with van der Waals surface area (Å²) in [4.78, 5) is 38.8. The first-order valence-electron chi connectivity index (χ1n) is 8.91. The molecular formula is C20H18F3N3O3S. The van der Waals surface area contributed by atoms with Gasteiger partial charge in [0.15, 0.2) is 0 Å². The van der Waals surface area contributed by atoms with Crippen molar-refractivity contribution in [2.45, 2.75) is 22.7 Å². The number of halogens is 3. The number of nitrogens with zero attached hydrogens (tertiary/aromatic N) is 1. The summed E-state index contributed by atoms with van der Waals surface area (Å²) in [7, 11) is 1.36. The highest BCUT2D eigenvalue weighted by atomic mass is 32.2. The molecule has 0 radical (unpaired) electrons. The Morgan fingerprint density at radius 3 is 2.53 bits per heavy atom. The quantitative estimate of drug-likeness (QED) is 0.749. The Balaban J connectivity index is 1.59. The minimum absolute atomic E-state index is 0.145. The molecule has 3 rings (SSSR count). The first kappa shape index (κ1) is 21.7. The second-order valence-corrected chi connectivity index (χ2v) is 7.88. The fourth-order valence-electron chi connectivity index (χ4n) is 2.87. The molecule has 2 aromatic carbocycles. The predicted molar refractivity (Wildman–Crippen MR) is 107 cm³/mol. The van der Waals surface area contributed by atoms with Gasteiger partial charge in [0, 0.05) is 18.4 Å². The second kappa shape index (κ2) is 8.78. The normalized spacial score (nSPS) is 15.7. The van der Waals surface area contributed by atoms with E-state index >= 15 is 0 Å². The number of carbonyl (C=O) groups is 3. The summed E-state index contributed by atoms with van der Waals surface area (Å²) in [5, 5.41) is 4.26. The van der Waals surface area contributed by atoms with Crippen molar-refractivity contribution in [1.29, 1.82) is 0 Å². The van der Waals surface area contributed by atoms with Gasteiger partial charge in [0.1, 0.15) is 0 Å². The molecule has 1 atom stereocenters. The highest BCUT2D eigenvalue weighted by molar-refractivity contribution is 8.01. The summed E-state index contributed by atoms with van der Waals surface area (Å²) >= 11 is 1.25. The minimum atomic E-state index is -4.62. The van der Waals surface area contributed by atoms with Gasteiger partial charge in [0.05, 0.1) is 28.7 Å². The van der Waals surface area contributed by atoms with Crippen molar-refractivity contribution in [2.24, 2.45) is 0 Å². The standard InChI is InChI=1S/C20H18F3N3O3S/c1-26(11-17(27)24-13-7-3-2-6-12(13)20(21,22)23)18(28)10-16-19(29)25-14-8-4-5-9-15(14)30-16/h2-9,16H,10-11H2,1H3,(H,24,27)(H,25,29)/t16-/m1/s1. The molecule has 0 saturated heterocycles. The monoisotopic (exact) mass is 437 g/mol. The molecule has 0 fully saturated rings. The molecule has 1 heterocycles. The third kappa shape index (κ3) is 5.12. The van der Waals surface area contributed by atoms with Crippen LogP contribution in [0.15, 0.2) is 53.4 Å². The average Bonchev–Trinajstić information content (AvgIpc) is 2.68. The van der Waals surface area contributed by atoms with Gasteiger partial charge in [-0.25, -0.2) is 0 Å². The van der Waals surface area contributed by atoms with Crippen LogP contribution in [0.1, 0.15) is 12.0 Å². The lowest BCUT2D eigenvalue weighted by Gasteiger charge is -2.25. The molecule has 2 aromatic rings. The van der Waals surface area contributed by atoms with Crippen LogP contribution in [-0.2, 0) is 20.6 Å². The summed E-state index contributed by atoms with van der Waals surface area (Å²) in [6.45, 7) is -0.444. The smallest absolute Gasteiger partial charge is 0.336 e. The maximum atomic E-state index is 13.0. The zero-order chi connectivity index (χ0) is 21.9. The van der Waals surface area contributed by atoms with Crippen molar-refractivity contribution in [3.8, 4) is 0 Å². The summed E-state index contributed by atoms with van der Waals surface area (Å²) < 4.78 is 39.1. The van der Waals surface area contributed by atoms with Gasteiger partial charge >= 0.3 is 6.18 Å². The van der Waals surface area contributed by atoms with Gasteiger partial charge in [0.25, 0.3) is 0 Å². The van der Waals surface area contributed by atoms with Gasteiger partial charge in [-0.1, -0.05) is 24.3 Å². The van der Waals surface area contributed by atoms with Crippen molar-refractivity contribution in [3.05, 3.63) is 54.1 Å². The number of anilines is 2. The van der Waals surface area contributed by atoms with Gasteiger partial charge < -0.3 is 15.5 Å². The number of para-hydroxylation sites is 2. The van der Waals surface area contributed by atoms with Crippen LogP contribution in [0.25, 0.3) is 0 Å². The number of carbonyl (C=O) groups excluding carboxylic acids is 3. The van der Waals surface area contributed by atoms with Gasteiger partial charge in [-0.15, -0.1) is 11.8 Å². The van der Waals surface area contributed by atoms with Gasteiger partial charge in [-0.05, 0) is 24.3 Å². The number of benzene rings is 2. The van der Waals surface area contributed by atoms with Crippen molar-refractivity contribution >= 4 is 40.9 Å². The van der Waals surface area contributed by atoms with E-state index < -0.39 is 35.3 Å². The number of fused-ring (bicyclic) bond motifs is 1. The zero-order valence-corrected chi connectivity index (χ0v) is 16.6. The SMILES string of the molecule is CN(CC(=O)Nc1ccccc1C(F)(F)F)C(=O)C[C@H]1Sc2ccccc2NC1=O. The molecule has 0 aromatic heterocycles. The second-order valence-electron chi connectivity index (χ2n) is 6.64. The van der Waals surface area contributed by atoms with E-state index in [0.717, 1.165) is 21.9 Å². The Kier molecular flexibility index (Phi) is 6.35. The summed E-state index contributed by atoms with van der Waals surface area (Å²) in [6, 6.07) is 11.8. The van der Waals surface area contributed by atoms with Crippen LogP contribution >= 0.6 is 11.8 Å². The maximum Gasteiger partial charge on any atom is 0.418 e. The fourth-order valence-corrected chi connectivity index (χ4v) is 3.98.